The Morgan fingerprint density at radius 1 is 1.16 bits per heavy atom. The first-order valence-electron chi connectivity index (χ1n) is 8.76. The van der Waals surface area contributed by atoms with E-state index < -0.39 is 0 Å². The van der Waals surface area contributed by atoms with Gasteiger partial charge < -0.3 is 9.55 Å². The number of aromatic amines is 1. The van der Waals surface area contributed by atoms with Crippen LogP contribution in [0.4, 0.5) is 0 Å². The number of nitrogens with one attached hydrogen (secondary N) is 1. The van der Waals surface area contributed by atoms with Gasteiger partial charge in [0.05, 0.1) is 28.7 Å². The van der Waals surface area contributed by atoms with Gasteiger partial charge in [-0.1, -0.05) is 12.1 Å². The molecule has 2 aliphatic rings. The number of hydrogen-bond donors (Lipinski definition) is 1. The van der Waals surface area contributed by atoms with E-state index in [1.807, 2.05) is 13.0 Å². The highest BCUT2D eigenvalue weighted by Crippen LogP contribution is 2.55. The largest absolute Gasteiger partial charge is 0.345 e. The van der Waals surface area contributed by atoms with Crippen LogP contribution < -0.4 is 0 Å². The topological polar surface area (TPSA) is 59.4 Å². The zero-order chi connectivity index (χ0) is 16.5. The normalized spacial score (nSPS) is 20.7. The van der Waals surface area contributed by atoms with Crippen molar-refractivity contribution in [1.82, 2.24) is 24.5 Å². The molecule has 25 heavy (non-hydrogen) atoms. The van der Waals surface area contributed by atoms with Crippen molar-refractivity contribution in [1.29, 1.82) is 0 Å². The van der Waals surface area contributed by atoms with Gasteiger partial charge in [0.25, 0.3) is 0 Å². The molecule has 2 unspecified atom stereocenters. The Hall–Kier alpha value is -2.95. The molecule has 3 aromatic heterocycles. The summed E-state index contributed by atoms with van der Waals surface area (Å²) < 4.78 is 2.41. The molecule has 0 spiro atoms. The van der Waals surface area contributed by atoms with Gasteiger partial charge >= 0.3 is 0 Å². The lowest BCUT2D eigenvalue weighted by Crippen LogP contribution is -2.00. The van der Waals surface area contributed by atoms with Gasteiger partial charge in [-0.2, -0.15) is 0 Å². The number of H-pyrrole nitrogens is 1. The van der Waals surface area contributed by atoms with Crippen LogP contribution in [0.5, 0.6) is 0 Å². The predicted octanol–water partition coefficient (Wildman–Crippen LogP) is 3.91. The van der Waals surface area contributed by atoms with Crippen LogP contribution in [0.2, 0.25) is 0 Å². The third kappa shape index (κ3) is 1.86. The van der Waals surface area contributed by atoms with Crippen molar-refractivity contribution in [3.63, 3.8) is 0 Å². The Labute approximate surface area is 144 Å². The Morgan fingerprint density at radius 3 is 3.04 bits per heavy atom. The minimum absolute atomic E-state index is 0.646. The molecule has 0 radical (unpaired) electrons. The zero-order valence-electron chi connectivity index (χ0n) is 13.9. The summed E-state index contributed by atoms with van der Waals surface area (Å²) in [5, 5.41) is 0. The summed E-state index contributed by atoms with van der Waals surface area (Å²) in [6.45, 7) is 3.11. The number of rotatable bonds is 2. The Kier molecular flexibility index (Phi) is 2.44. The van der Waals surface area contributed by atoms with Crippen LogP contribution >= 0.6 is 0 Å². The summed E-state index contributed by atoms with van der Waals surface area (Å²) >= 11 is 0. The zero-order valence-corrected chi connectivity index (χ0v) is 13.9. The monoisotopic (exact) mass is 327 g/mol. The van der Waals surface area contributed by atoms with Gasteiger partial charge in [0, 0.05) is 23.7 Å². The van der Waals surface area contributed by atoms with E-state index in [1.54, 1.807) is 6.33 Å². The smallest absolute Gasteiger partial charge is 0.115 e. The third-order valence-corrected chi connectivity index (χ3v) is 5.49. The van der Waals surface area contributed by atoms with Crippen LogP contribution in [0.3, 0.4) is 0 Å². The molecule has 6 rings (SSSR count). The molecule has 0 bridgehead atoms. The molecule has 1 aliphatic carbocycles. The van der Waals surface area contributed by atoms with Gasteiger partial charge in [0.2, 0.25) is 0 Å². The molecular formula is C20H17N5. The molecule has 1 aromatic carbocycles. The lowest BCUT2D eigenvalue weighted by Gasteiger charge is -2.10. The van der Waals surface area contributed by atoms with Crippen molar-refractivity contribution in [2.24, 2.45) is 5.92 Å². The molecule has 1 saturated carbocycles. The lowest BCUT2D eigenvalue weighted by atomic mass is 10.1. The Morgan fingerprint density at radius 2 is 2.12 bits per heavy atom. The van der Waals surface area contributed by atoms with E-state index in [2.05, 4.69) is 44.9 Å². The maximum atomic E-state index is 5.04. The Bertz CT molecular complexity index is 1140. The summed E-state index contributed by atoms with van der Waals surface area (Å²) in [4.78, 5) is 17.3. The number of aryl methyl sites for hydroxylation is 1. The molecule has 5 nitrogen and oxygen atoms in total. The van der Waals surface area contributed by atoms with E-state index in [4.69, 9.17) is 9.97 Å². The number of imidazole rings is 2. The van der Waals surface area contributed by atoms with Gasteiger partial charge in [0.15, 0.2) is 0 Å². The number of aromatic nitrogens is 5. The molecule has 2 atom stereocenters. The first kappa shape index (κ1) is 13.4. The fourth-order valence-corrected chi connectivity index (χ4v) is 4.17. The second-order valence-electron chi connectivity index (χ2n) is 7.18. The second kappa shape index (κ2) is 4.57. The van der Waals surface area contributed by atoms with Gasteiger partial charge in [-0.3, -0.25) is 4.98 Å². The minimum atomic E-state index is 0.646. The second-order valence-corrected chi connectivity index (χ2v) is 7.18. The first-order chi connectivity index (χ1) is 12.3. The molecule has 4 heterocycles. The predicted molar refractivity (Wildman–Crippen MR) is 96.1 cm³/mol. The van der Waals surface area contributed by atoms with Crippen molar-refractivity contribution >= 4 is 11.0 Å². The number of hydrogen-bond acceptors (Lipinski definition) is 3. The highest BCUT2D eigenvalue weighted by atomic mass is 15.2. The molecule has 0 saturated heterocycles. The maximum absolute atomic E-state index is 5.04. The van der Waals surface area contributed by atoms with Gasteiger partial charge in [0.1, 0.15) is 11.5 Å². The maximum Gasteiger partial charge on any atom is 0.115 e. The quantitative estimate of drug-likeness (QED) is 0.607. The average Bonchev–Trinajstić information content (AvgIpc) is 2.98. The summed E-state index contributed by atoms with van der Waals surface area (Å²) in [7, 11) is 0. The van der Waals surface area contributed by atoms with E-state index in [0.29, 0.717) is 5.92 Å². The lowest BCUT2D eigenvalue weighted by molar-refractivity contribution is 0.675. The van der Waals surface area contributed by atoms with Crippen LogP contribution in [-0.4, -0.2) is 24.5 Å². The van der Waals surface area contributed by atoms with Gasteiger partial charge in [-0.15, -0.1) is 0 Å². The summed E-state index contributed by atoms with van der Waals surface area (Å²) in [6, 6.07) is 12.6. The van der Waals surface area contributed by atoms with Crippen LogP contribution in [0.15, 0.2) is 42.7 Å². The SMILES string of the molecule is Cc1cccc(-c2nc3n(c2-c2ccc4nc[nH]c4c2)CC2CC32)n1. The third-order valence-electron chi connectivity index (χ3n) is 5.49. The van der Waals surface area contributed by atoms with Crippen LogP contribution in [-0.2, 0) is 6.54 Å². The molecular weight excluding hydrogens is 310 g/mol. The molecule has 0 amide bonds. The minimum Gasteiger partial charge on any atom is -0.345 e. The summed E-state index contributed by atoms with van der Waals surface area (Å²) in [5.74, 6) is 2.67. The fourth-order valence-electron chi connectivity index (χ4n) is 4.17. The number of nitrogens with zero attached hydrogens (tertiary/aromatic N) is 4. The number of benzene rings is 1. The van der Waals surface area contributed by atoms with Crippen molar-refractivity contribution in [3.8, 4) is 22.6 Å². The van der Waals surface area contributed by atoms with Crippen molar-refractivity contribution < 1.29 is 0 Å². The summed E-state index contributed by atoms with van der Waals surface area (Å²) in [6.07, 6.45) is 3.03. The molecule has 1 N–H and O–H groups in total. The molecule has 1 fully saturated rings. The van der Waals surface area contributed by atoms with Crippen molar-refractivity contribution in [3.05, 3.63) is 54.2 Å². The van der Waals surface area contributed by atoms with Gasteiger partial charge in [-0.05, 0) is 43.5 Å². The molecule has 4 aromatic rings. The highest BCUT2D eigenvalue weighted by Gasteiger charge is 2.48. The van der Waals surface area contributed by atoms with E-state index >= 15 is 0 Å². The first-order valence-corrected chi connectivity index (χ1v) is 8.76. The average molecular weight is 327 g/mol. The van der Waals surface area contributed by atoms with Crippen LogP contribution in [0.25, 0.3) is 33.7 Å². The summed E-state index contributed by atoms with van der Waals surface area (Å²) in [5.41, 5.74) is 7.39. The number of pyridine rings is 1. The number of fused-ring (bicyclic) bond motifs is 4. The van der Waals surface area contributed by atoms with Gasteiger partial charge in [-0.25, -0.2) is 9.97 Å². The standard InChI is InChI=1S/C20H17N5/c1-11-3-2-4-16(23-11)18-19(25-9-13-7-14(13)20(25)24-18)12-5-6-15-17(8-12)22-10-21-15/h2-6,8,10,13-14H,7,9H2,1H3,(H,21,22). The van der Waals surface area contributed by atoms with E-state index in [9.17, 15) is 0 Å². The van der Waals surface area contributed by atoms with Crippen LogP contribution in [0, 0.1) is 12.8 Å². The van der Waals surface area contributed by atoms with E-state index in [0.717, 1.165) is 40.6 Å². The Balaban J connectivity index is 1.62. The van der Waals surface area contributed by atoms with E-state index in [1.165, 1.54) is 23.5 Å². The molecule has 122 valence electrons. The van der Waals surface area contributed by atoms with E-state index in [-0.39, 0.29) is 0 Å². The molecule has 1 aliphatic heterocycles. The molecule has 5 heteroatoms. The highest BCUT2D eigenvalue weighted by molar-refractivity contribution is 5.85. The van der Waals surface area contributed by atoms with Crippen LogP contribution in [0.1, 0.15) is 23.9 Å². The van der Waals surface area contributed by atoms with Crippen molar-refractivity contribution in [2.75, 3.05) is 0 Å². The fraction of sp³-hybridized carbons (Fsp3) is 0.250. The van der Waals surface area contributed by atoms with Crippen molar-refractivity contribution in [2.45, 2.75) is 25.8 Å².